The largest absolute Gasteiger partial charge is 0.493 e. The molecular formula is C16H26N2O2. The molecule has 112 valence electrons. The summed E-state index contributed by atoms with van der Waals surface area (Å²) >= 11 is 0. The van der Waals surface area contributed by atoms with E-state index in [0.29, 0.717) is 0 Å². The summed E-state index contributed by atoms with van der Waals surface area (Å²) in [5.74, 6) is 1.49. The van der Waals surface area contributed by atoms with Crippen LogP contribution in [0.2, 0.25) is 0 Å². The molecule has 0 heterocycles. The molecule has 0 amide bonds. The highest BCUT2D eigenvalue weighted by molar-refractivity contribution is 5.44. The van der Waals surface area contributed by atoms with Gasteiger partial charge in [-0.25, -0.2) is 0 Å². The Morgan fingerprint density at radius 3 is 2.20 bits per heavy atom. The van der Waals surface area contributed by atoms with Crippen molar-refractivity contribution in [3.63, 3.8) is 0 Å². The maximum Gasteiger partial charge on any atom is 0.161 e. The summed E-state index contributed by atoms with van der Waals surface area (Å²) in [7, 11) is 7.57. The van der Waals surface area contributed by atoms with Gasteiger partial charge in [0, 0.05) is 11.6 Å². The van der Waals surface area contributed by atoms with Gasteiger partial charge in [-0.05, 0) is 44.6 Å². The van der Waals surface area contributed by atoms with E-state index in [-0.39, 0.29) is 11.6 Å². The van der Waals surface area contributed by atoms with Crippen molar-refractivity contribution in [3.8, 4) is 11.5 Å². The van der Waals surface area contributed by atoms with E-state index in [9.17, 15) is 0 Å². The van der Waals surface area contributed by atoms with Crippen molar-refractivity contribution in [1.29, 1.82) is 0 Å². The third-order valence-corrected chi connectivity index (χ3v) is 4.71. The van der Waals surface area contributed by atoms with E-state index in [2.05, 4.69) is 25.1 Å². The van der Waals surface area contributed by atoms with Crippen molar-refractivity contribution < 1.29 is 9.47 Å². The fourth-order valence-corrected chi connectivity index (χ4v) is 3.38. The fraction of sp³-hybridized carbons (Fsp3) is 0.625. The topological polar surface area (TPSA) is 47.7 Å². The smallest absolute Gasteiger partial charge is 0.161 e. The Kier molecular flexibility index (Phi) is 4.55. The Morgan fingerprint density at radius 2 is 1.70 bits per heavy atom. The van der Waals surface area contributed by atoms with Gasteiger partial charge in [0.1, 0.15) is 0 Å². The number of nitrogens with zero attached hydrogens (tertiary/aromatic N) is 1. The molecule has 2 N–H and O–H groups in total. The van der Waals surface area contributed by atoms with E-state index in [0.717, 1.165) is 29.9 Å². The van der Waals surface area contributed by atoms with Gasteiger partial charge in [-0.3, -0.25) is 0 Å². The fourth-order valence-electron chi connectivity index (χ4n) is 3.38. The second-order valence-corrected chi connectivity index (χ2v) is 5.80. The van der Waals surface area contributed by atoms with Crippen LogP contribution in [0.5, 0.6) is 11.5 Å². The van der Waals surface area contributed by atoms with E-state index < -0.39 is 0 Å². The van der Waals surface area contributed by atoms with Gasteiger partial charge in [0.2, 0.25) is 0 Å². The Labute approximate surface area is 121 Å². The van der Waals surface area contributed by atoms with E-state index in [1.54, 1.807) is 14.2 Å². The number of hydrogen-bond acceptors (Lipinski definition) is 4. The highest BCUT2D eigenvalue weighted by atomic mass is 16.5. The lowest BCUT2D eigenvalue weighted by atomic mass is 9.83. The molecule has 1 unspecified atom stereocenters. The minimum absolute atomic E-state index is 0.0141. The predicted molar refractivity (Wildman–Crippen MR) is 81.4 cm³/mol. The molecule has 20 heavy (non-hydrogen) atoms. The first-order valence-electron chi connectivity index (χ1n) is 7.20. The van der Waals surface area contributed by atoms with E-state index >= 15 is 0 Å². The molecule has 1 aromatic carbocycles. The predicted octanol–water partition coefficient (Wildman–Crippen LogP) is 2.58. The van der Waals surface area contributed by atoms with Crippen molar-refractivity contribution in [1.82, 2.24) is 4.90 Å². The summed E-state index contributed by atoms with van der Waals surface area (Å²) in [5, 5.41) is 0. The molecule has 0 radical (unpaired) electrons. The van der Waals surface area contributed by atoms with Gasteiger partial charge in [-0.2, -0.15) is 0 Å². The zero-order chi connectivity index (χ0) is 14.8. The van der Waals surface area contributed by atoms with E-state index in [4.69, 9.17) is 15.2 Å². The maximum atomic E-state index is 6.61. The molecule has 0 aromatic heterocycles. The molecule has 1 aliphatic carbocycles. The van der Waals surface area contributed by atoms with E-state index in [1.807, 2.05) is 12.1 Å². The molecule has 1 aromatic rings. The Balaban J connectivity index is 2.34. The molecule has 2 rings (SSSR count). The SMILES string of the molecule is COc1ccc(C(N)C2(N(C)C)CCCC2)cc1OC. The van der Waals surface area contributed by atoms with Gasteiger partial charge < -0.3 is 20.1 Å². The number of nitrogens with two attached hydrogens (primary N) is 1. The van der Waals surface area contributed by atoms with Gasteiger partial charge in [0.25, 0.3) is 0 Å². The standard InChI is InChI=1S/C16H26N2O2/c1-18(2)16(9-5-6-10-16)15(17)12-7-8-13(19-3)14(11-12)20-4/h7-8,11,15H,5-6,9-10,17H2,1-4H3. The van der Waals surface area contributed by atoms with Gasteiger partial charge in [-0.1, -0.05) is 18.9 Å². The van der Waals surface area contributed by atoms with Crippen molar-refractivity contribution in [2.45, 2.75) is 37.3 Å². The average molecular weight is 278 g/mol. The van der Waals surface area contributed by atoms with Gasteiger partial charge in [0.05, 0.1) is 14.2 Å². The molecule has 0 bridgehead atoms. The first-order chi connectivity index (χ1) is 9.55. The molecule has 4 heteroatoms. The number of ether oxygens (including phenoxy) is 2. The van der Waals surface area contributed by atoms with Crippen LogP contribution in [0.1, 0.15) is 37.3 Å². The highest BCUT2D eigenvalue weighted by Gasteiger charge is 2.42. The molecule has 0 spiro atoms. The van der Waals surface area contributed by atoms with Crippen molar-refractivity contribution >= 4 is 0 Å². The first-order valence-corrected chi connectivity index (χ1v) is 7.20. The molecule has 1 atom stereocenters. The highest BCUT2D eigenvalue weighted by Crippen LogP contribution is 2.43. The van der Waals surface area contributed by atoms with Crippen LogP contribution in [0.25, 0.3) is 0 Å². The summed E-state index contributed by atoms with van der Waals surface area (Å²) in [6.07, 6.45) is 4.80. The zero-order valence-corrected chi connectivity index (χ0v) is 13.0. The summed E-state index contributed by atoms with van der Waals surface area (Å²) in [6.45, 7) is 0. The van der Waals surface area contributed by atoms with Crippen LogP contribution in [-0.2, 0) is 0 Å². The summed E-state index contributed by atoms with van der Waals surface area (Å²) in [4.78, 5) is 2.29. The summed E-state index contributed by atoms with van der Waals surface area (Å²) in [5.41, 5.74) is 7.78. The third-order valence-electron chi connectivity index (χ3n) is 4.71. The van der Waals surface area contributed by atoms with Crippen LogP contribution in [0.3, 0.4) is 0 Å². The van der Waals surface area contributed by atoms with Gasteiger partial charge in [0.15, 0.2) is 11.5 Å². The minimum atomic E-state index is -0.0141. The quantitative estimate of drug-likeness (QED) is 0.899. The normalized spacial score (nSPS) is 19.1. The lowest BCUT2D eigenvalue weighted by molar-refractivity contribution is 0.123. The Hall–Kier alpha value is -1.26. The number of likely N-dealkylation sites (N-methyl/N-ethyl adjacent to an activating group) is 1. The molecule has 0 saturated heterocycles. The molecule has 4 nitrogen and oxygen atoms in total. The number of rotatable bonds is 5. The monoisotopic (exact) mass is 278 g/mol. The Morgan fingerprint density at radius 1 is 1.10 bits per heavy atom. The number of benzene rings is 1. The molecular weight excluding hydrogens is 252 g/mol. The second kappa shape index (κ2) is 6.02. The number of methoxy groups -OCH3 is 2. The molecule has 0 aliphatic heterocycles. The van der Waals surface area contributed by atoms with Crippen LogP contribution in [0.15, 0.2) is 18.2 Å². The third kappa shape index (κ3) is 2.50. The van der Waals surface area contributed by atoms with Crippen LogP contribution in [-0.4, -0.2) is 38.8 Å². The van der Waals surface area contributed by atoms with Crippen LogP contribution < -0.4 is 15.2 Å². The van der Waals surface area contributed by atoms with Crippen LogP contribution >= 0.6 is 0 Å². The lowest BCUT2D eigenvalue weighted by Crippen LogP contribution is -2.50. The first kappa shape index (κ1) is 15.1. The van der Waals surface area contributed by atoms with Crippen molar-refractivity contribution in [2.75, 3.05) is 28.3 Å². The van der Waals surface area contributed by atoms with Crippen LogP contribution in [0, 0.1) is 0 Å². The van der Waals surface area contributed by atoms with Crippen LogP contribution in [0.4, 0.5) is 0 Å². The summed E-state index contributed by atoms with van der Waals surface area (Å²) in [6, 6.07) is 5.98. The molecule has 1 fully saturated rings. The average Bonchev–Trinajstić information content (AvgIpc) is 2.96. The zero-order valence-electron chi connectivity index (χ0n) is 13.0. The Bertz CT molecular complexity index is 454. The van der Waals surface area contributed by atoms with Crippen molar-refractivity contribution in [2.24, 2.45) is 5.73 Å². The number of hydrogen-bond donors (Lipinski definition) is 1. The summed E-state index contributed by atoms with van der Waals surface area (Å²) < 4.78 is 10.7. The molecule has 1 aliphatic rings. The second-order valence-electron chi connectivity index (χ2n) is 5.80. The van der Waals surface area contributed by atoms with Gasteiger partial charge in [-0.15, -0.1) is 0 Å². The minimum Gasteiger partial charge on any atom is -0.493 e. The lowest BCUT2D eigenvalue weighted by Gasteiger charge is -2.41. The van der Waals surface area contributed by atoms with Crippen molar-refractivity contribution in [3.05, 3.63) is 23.8 Å². The van der Waals surface area contributed by atoms with Gasteiger partial charge >= 0.3 is 0 Å². The molecule has 1 saturated carbocycles. The van der Waals surface area contributed by atoms with E-state index in [1.165, 1.54) is 12.8 Å². The maximum absolute atomic E-state index is 6.61.